The summed E-state index contributed by atoms with van der Waals surface area (Å²) in [4.78, 5) is 38.4. The van der Waals surface area contributed by atoms with E-state index in [2.05, 4.69) is 93.7 Å². The highest BCUT2D eigenvalue weighted by atomic mass is 16.6. The molecule has 0 aliphatic heterocycles. The molecular weight excluding hydrogens is 985 g/mol. The van der Waals surface area contributed by atoms with Gasteiger partial charge in [0.05, 0.1) is 0 Å². The molecule has 80 heavy (non-hydrogen) atoms. The van der Waals surface area contributed by atoms with E-state index in [0.717, 1.165) is 89.9 Å². The summed E-state index contributed by atoms with van der Waals surface area (Å²) in [5, 5.41) is 0. The average molecular weight is 1120 g/mol. The van der Waals surface area contributed by atoms with Crippen molar-refractivity contribution in [3.63, 3.8) is 0 Å². The molecule has 6 nitrogen and oxygen atoms in total. The Balaban J connectivity index is 4.31. The first-order chi connectivity index (χ1) is 39.5. The van der Waals surface area contributed by atoms with Crippen molar-refractivity contribution in [1.82, 2.24) is 0 Å². The van der Waals surface area contributed by atoms with Crippen LogP contribution < -0.4 is 0 Å². The van der Waals surface area contributed by atoms with Crippen molar-refractivity contribution in [2.75, 3.05) is 13.2 Å². The third kappa shape index (κ3) is 65.7. The zero-order valence-electron chi connectivity index (χ0n) is 53.3. The van der Waals surface area contributed by atoms with E-state index in [9.17, 15) is 14.4 Å². The number of hydrogen-bond donors (Lipinski definition) is 0. The predicted molar refractivity (Wildman–Crippen MR) is 348 cm³/mol. The minimum Gasteiger partial charge on any atom is -0.462 e. The molecule has 0 aliphatic rings. The Morgan fingerprint density at radius 1 is 0.263 bits per heavy atom. The minimum absolute atomic E-state index is 0.0885. The number of hydrogen-bond acceptors (Lipinski definition) is 6. The van der Waals surface area contributed by atoms with E-state index in [1.807, 2.05) is 0 Å². The normalized spacial score (nSPS) is 12.5. The summed E-state index contributed by atoms with van der Waals surface area (Å²) in [5.41, 5.74) is 0. The van der Waals surface area contributed by atoms with Crippen LogP contribution in [0.25, 0.3) is 0 Å². The van der Waals surface area contributed by atoms with Crippen LogP contribution in [0.15, 0.2) is 72.9 Å². The molecule has 0 fully saturated rings. The van der Waals surface area contributed by atoms with Gasteiger partial charge >= 0.3 is 17.9 Å². The molecule has 0 amide bonds. The van der Waals surface area contributed by atoms with E-state index in [0.29, 0.717) is 19.3 Å². The molecule has 0 saturated heterocycles. The Bertz CT molecular complexity index is 1470. The van der Waals surface area contributed by atoms with Crippen LogP contribution in [-0.4, -0.2) is 37.2 Å². The van der Waals surface area contributed by atoms with Gasteiger partial charge in [-0.25, -0.2) is 0 Å². The van der Waals surface area contributed by atoms with E-state index in [1.165, 1.54) is 225 Å². The highest BCUT2D eigenvalue weighted by Crippen LogP contribution is 2.18. The molecule has 0 aliphatic carbocycles. The lowest BCUT2D eigenvalue weighted by Crippen LogP contribution is -2.30. The number of carbonyl (C=O) groups excluding carboxylic acids is 3. The Kier molecular flexibility index (Phi) is 65.7. The molecule has 0 rings (SSSR count). The van der Waals surface area contributed by atoms with E-state index in [4.69, 9.17) is 14.2 Å². The zero-order chi connectivity index (χ0) is 57.8. The lowest BCUT2D eigenvalue weighted by atomic mass is 10.0. The van der Waals surface area contributed by atoms with Gasteiger partial charge in [0.25, 0.3) is 0 Å². The molecule has 1 unspecified atom stereocenters. The molecule has 1 atom stereocenters. The minimum atomic E-state index is -0.797. The second kappa shape index (κ2) is 68.3. The molecule has 0 aromatic carbocycles. The summed E-state index contributed by atoms with van der Waals surface area (Å²) in [6, 6.07) is 0. The Morgan fingerprint density at radius 3 is 0.762 bits per heavy atom. The van der Waals surface area contributed by atoms with Crippen molar-refractivity contribution in [3.8, 4) is 0 Å². The van der Waals surface area contributed by atoms with E-state index in [1.54, 1.807) is 0 Å². The fraction of sp³-hybridized carbons (Fsp3) is 0.797. The van der Waals surface area contributed by atoms with Crippen LogP contribution >= 0.6 is 0 Å². The van der Waals surface area contributed by atoms with Gasteiger partial charge in [-0.1, -0.05) is 344 Å². The first-order valence-electron chi connectivity index (χ1n) is 34.9. The standard InChI is InChI=1S/C74H132O6/c1-4-7-10-13-16-19-22-25-28-30-32-34-35-36-37-38-39-41-42-44-46-49-52-55-58-61-64-67-73(76)79-70-71(69-78-72(75)66-63-60-57-54-51-48-27-24-21-18-15-12-9-6-3)80-74(77)68-65-62-59-56-53-50-47-45-43-40-33-31-29-26-23-20-17-14-11-8-5-2/h8,11,17,20,26,29,33,40,45,47,53,56,71H,4-7,9-10,12-16,18-19,21-25,27-28,30-32,34-39,41-44,46,48-52,54-55,57-70H2,1-3H3/b11-8-,20-17-,29-26-,40-33-,47-45-,56-53-. The third-order valence-corrected chi connectivity index (χ3v) is 15.5. The van der Waals surface area contributed by atoms with Gasteiger partial charge in [0.1, 0.15) is 13.2 Å². The van der Waals surface area contributed by atoms with Gasteiger partial charge in [-0.05, 0) is 70.6 Å². The maximum atomic E-state index is 12.9. The monoisotopic (exact) mass is 1120 g/mol. The van der Waals surface area contributed by atoms with Crippen molar-refractivity contribution in [3.05, 3.63) is 72.9 Å². The Hall–Kier alpha value is -3.15. The second-order valence-electron chi connectivity index (χ2n) is 23.4. The van der Waals surface area contributed by atoms with Crippen molar-refractivity contribution >= 4 is 17.9 Å². The highest BCUT2D eigenvalue weighted by Gasteiger charge is 2.19. The molecule has 0 bridgehead atoms. The van der Waals surface area contributed by atoms with E-state index in [-0.39, 0.29) is 37.5 Å². The number of carbonyl (C=O) groups is 3. The number of unbranched alkanes of at least 4 members (excludes halogenated alkanes) is 41. The number of rotatable bonds is 64. The van der Waals surface area contributed by atoms with Crippen molar-refractivity contribution in [1.29, 1.82) is 0 Å². The van der Waals surface area contributed by atoms with Gasteiger partial charge in [0.15, 0.2) is 6.10 Å². The summed E-state index contributed by atoms with van der Waals surface area (Å²) < 4.78 is 16.9. The molecule has 0 aromatic heterocycles. The lowest BCUT2D eigenvalue weighted by Gasteiger charge is -2.18. The average Bonchev–Trinajstić information content (AvgIpc) is 3.46. The SMILES string of the molecule is CC/C=C\C/C=C\C/C=C\C/C=C\C/C=C\C/C=C\CCCCC(=O)OC(COC(=O)CCCCCCCCCCCCCCCC)COC(=O)CCCCCCCCCCCCCCCCCCCCCCCCCCCCC. The van der Waals surface area contributed by atoms with Crippen molar-refractivity contribution < 1.29 is 28.6 Å². The van der Waals surface area contributed by atoms with Gasteiger partial charge in [-0.3, -0.25) is 14.4 Å². The maximum Gasteiger partial charge on any atom is 0.306 e. The highest BCUT2D eigenvalue weighted by molar-refractivity contribution is 5.71. The quantitative estimate of drug-likeness (QED) is 0.0261. The van der Waals surface area contributed by atoms with Gasteiger partial charge in [-0.2, -0.15) is 0 Å². The van der Waals surface area contributed by atoms with Gasteiger partial charge in [0.2, 0.25) is 0 Å². The van der Waals surface area contributed by atoms with E-state index >= 15 is 0 Å². The van der Waals surface area contributed by atoms with Crippen LogP contribution in [-0.2, 0) is 28.6 Å². The number of esters is 3. The van der Waals surface area contributed by atoms with Gasteiger partial charge < -0.3 is 14.2 Å². The molecule has 0 aromatic rings. The summed E-state index contributed by atoms with van der Waals surface area (Å²) in [6.45, 7) is 6.55. The van der Waals surface area contributed by atoms with Gasteiger partial charge in [-0.15, -0.1) is 0 Å². The third-order valence-electron chi connectivity index (χ3n) is 15.5. The van der Waals surface area contributed by atoms with Gasteiger partial charge in [0, 0.05) is 19.3 Å². The number of ether oxygens (including phenoxy) is 3. The summed E-state index contributed by atoms with van der Waals surface area (Å²) in [6.07, 6.45) is 89.4. The fourth-order valence-electron chi connectivity index (χ4n) is 10.3. The van der Waals surface area contributed by atoms with Crippen LogP contribution in [0.5, 0.6) is 0 Å². The Labute approximate surface area is 497 Å². The molecule has 0 heterocycles. The van der Waals surface area contributed by atoms with E-state index < -0.39 is 6.10 Å². The summed E-state index contributed by atoms with van der Waals surface area (Å²) in [5.74, 6) is -0.911. The van der Waals surface area contributed by atoms with Crippen LogP contribution in [0.1, 0.15) is 361 Å². The fourth-order valence-corrected chi connectivity index (χ4v) is 10.3. The molecule has 464 valence electrons. The summed E-state index contributed by atoms with van der Waals surface area (Å²) >= 11 is 0. The number of allylic oxidation sites excluding steroid dienone is 12. The second-order valence-corrected chi connectivity index (χ2v) is 23.4. The van der Waals surface area contributed by atoms with Crippen LogP contribution in [0.3, 0.4) is 0 Å². The van der Waals surface area contributed by atoms with Crippen LogP contribution in [0.4, 0.5) is 0 Å². The van der Waals surface area contributed by atoms with Crippen molar-refractivity contribution in [2.45, 2.75) is 367 Å². The lowest BCUT2D eigenvalue weighted by molar-refractivity contribution is -0.167. The molecule has 0 spiro atoms. The summed E-state index contributed by atoms with van der Waals surface area (Å²) in [7, 11) is 0. The molecule has 0 radical (unpaired) electrons. The predicted octanol–water partition coefficient (Wildman–Crippen LogP) is 24.1. The Morgan fingerprint density at radius 2 is 0.487 bits per heavy atom. The largest absolute Gasteiger partial charge is 0.462 e. The first-order valence-corrected chi connectivity index (χ1v) is 34.9. The zero-order valence-corrected chi connectivity index (χ0v) is 53.3. The van der Waals surface area contributed by atoms with Crippen LogP contribution in [0, 0.1) is 0 Å². The molecule has 0 N–H and O–H groups in total. The molecule has 6 heteroatoms. The van der Waals surface area contributed by atoms with Crippen LogP contribution in [0.2, 0.25) is 0 Å². The smallest absolute Gasteiger partial charge is 0.306 e. The molecule has 0 saturated carbocycles. The first kappa shape index (κ1) is 76.9. The molecular formula is C74H132O6. The topological polar surface area (TPSA) is 78.9 Å². The van der Waals surface area contributed by atoms with Crippen molar-refractivity contribution in [2.24, 2.45) is 0 Å². The maximum absolute atomic E-state index is 12.9.